The van der Waals surface area contributed by atoms with E-state index in [4.69, 9.17) is 9.47 Å². The lowest BCUT2D eigenvalue weighted by Gasteiger charge is -2.19. The van der Waals surface area contributed by atoms with E-state index in [9.17, 15) is 4.79 Å². The number of hydrogen-bond acceptors (Lipinski definition) is 4. The smallest absolute Gasteiger partial charge is 0.259 e. The van der Waals surface area contributed by atoms with Gasteiger partial charge in [-0.05, 0) is 24.1 Å². The van der Waals surface area contributed by atoms with Gasteiger partial charge in [0.15, 0.2) is 11.5 Å². The second-order valence-electron chi connectivity index (χ2n) is 6.31. The minimum absolute atomic E-state index is 0.178. The zero-order valence-corrected chi connectivity index (χ0v) is 15.1. The number of aromatic nitrogens is 2. The van der Waals surface area contributed by atoms with Crippen molar-refractivity contribution in [3.05, 3.63) is 71.5 Å². The SMILES string of the molecule is CCc1c(C(=O)Nc2ccc3c(c2)OCCO3)cnn1Cc1ccccc1. The molecule has 0 saturated heterocycles. The van der Waals surface area contributed by atoms with Crippen LogP contribution in [0.15, 0.2) is 54.7 Å². The number of benzene rings is 2. The van der Waals surface area contributed by atoms with Crippen LogP contribution in [0.4, 0.5) is 5.69 Å². The number of nitrogens with one attached hydrogen (secondary N) is 1. The van der Waals surface area contributed by atoms with E-state index in [1.807, 2.05) is 41.9 Å². The number of fused-ring (bicyclic) bond motifs is 1. The maximum Gasteiger partial charge on any atom is 0.259 e. The van der Waals surface area contributed by atoms with Gasteiger partial charge >= 0.3 is 0 Å². The third-order valence-electron chi connectivity index (χ3n) is 4.50. The maximum absolute atomic E-state index is 12.8. The zero-order chi connectivity index (χ0) is 18.6. The number of hydrogen-bond donors (Lipinski definition) is 1. The highest BCUT2D eigenvalue weighted by atomic mass is 16.6. The summed E-state index contributed by atoms with van der Waals surface area (Å²) in [4.78, 5) is 12.8. The summed E-state index contributed by atoms with van der Waals surface area (Å²) in [5.41, 5.74) is 3.31. The van der Waals surface area contributed by atoms with Gasteiger partial charge in [0, 0.05) is 11.8 Å². The molecule has 6 nitrogen and oxygen atoms in total. The molecule has 0 saturated carbocycles. The van der Waals surface area contributed by atoms with E-state index < -0.39 is 0 Å². The van der Waals surface area contributed by atoms with Crippen molar-refractivity contribution in [1.82, 2.24) is 9.78 Å². The Morgan fingerprint density at radius 1 is 1.11 bits per heavy atom. The third-order valence-corrected chi connectivity index (χ3v) is 4.50. The van der Waals surface area contributed by atoms with Crippen LogP contribution in [0.25, 0.3) is 0 Å². The summed E-state index contributed by atoms with van der Waals surface area (Å²) in [6.45, 7) is 3.72. The van der Waals surface area contributed by atoms with Crippen molar-refractivity contribution < 1.29 is 14.3 Å². The molecule has 0 radical (unpaired) electrons. The predicted octanol–water partition coefficient (Wildman–Crippen LogP) is 3.52. The molecule has 1 N–H and O–H groups in total. The van der Waals surface area contributed by atoms with Crippen LogP contribution in [0, 0.1) is 0 Å². The fourth-order valence-corrected chi connectivity index (χ4v) is 3.19. The molecule has 0 bridgehead atoms. The van der Waals surface area contributed by atoms with E-state index in [2.05, 4.69) is 22.5 Å². The van der Waals surface area contributed by atoms with Crippen LogP contribution in [0.5, 0.6) is 11.5 Å². The summed E-state index contributed by atoms with van der Waals surface area (Å²) < 4.78 is 13.0. The normalized spacial score (nSPS) is 12.6. The van der Waals surface area contributed by atoms with Gasteiger partial charge in [0.2, 0.25) is 0 Å². The van der Waals surface area contributed by atoms with Gasteiger partial charge < -0.3 is 14.8 Å². The molecule has 138 valence electrons. The lowest BCUT2D eigenvalue weighted by atomic mass is 10.1. The number of anilines is 1. The molecule has 2 aromatic carbocycles. The standard InChI is InChI=1S/C21H21N3O3/c1-2-18-17(13-22-24(18)14-15-6-4-3-5-7-15)21(25)23-16-8-9-19-20(12-16)27-11-10-26-19/h3-9,12-13H,2,10-11,14H2,1H3,(H,23,25). The van der Waals surface area contributed by atoms with Gasteiger partial charge in [0.1, 0.15) is 13.2 Å². The van der Waals surface area contributed by atoms with E-state index in [-0.39, 0.29) is 5.91 Å². The first-order chi connectivity index (χ1) is 13.2. The number of carbonyl (C=O) groups excluding carboxylic acids is 1. The first-order valence-corrected chi connectivity index (χ1v) is 9.04. The van der Waals surface area contributed by atoms with Gasteiger partial charge in [0.25, 0.3) is 5.91 Å². The molecule has 1 amide bonds. The minimum atomic E-state index is -0.178. The summed E-state index contributed by atoms with van der Waals surface area (Å²) in [6.07, 6.45) is 2.35. The molecule has 0 atom stereocenters. The molecule has 0 aliphatic carbocycles. The van der Waals surface area contributed by atoms with E-state index in [0.29, 0.717) is 42.5 Å². The van der Waals surface area contributed by atoms with Gasteiger partial charge in [-0.2, -0.15) is 5.10 Å². The molecule has 6 heteroatoms. The summed E-state index contributed by atoms with van der Waals surface area (Å²) in [7, 11) is 0. The molecule has 2 heterocycles. The van der Waals surface area contributed by atoms with Crippen molar-refractivity contribution in [2.45, 2.75) is 19.9 Å². The lowest BCUT2D eigenvalue weighted by molar-refractivity contribution is 0.102. The molecule has 1 aromatic heterocycles. The average molecular weight is 363 g/mol. The summed E-state index contributed by atoms with van der Waals surface area (Å²) in [5.74, 6) is 1.17. The molecular weight excluding hydrogens is 342 g/mol. The number of amides is 1. The Bertz CT molecular complexity index is 951. The molecule has 0 spiro atoms. The second kappa shape index (κ2) is 7.53. The van der Waals surface area contributed by atoms with Crippen molar-refractivity contribution in [1.29, 1.82) is 0 Å². The first-order valence-electron chi connectivity index (χ1n) is 9.04. The number of ether oxygens (including phenoxy) is 2. The highest BCUT2D eigenvalue weighted by Crippen LogP contribution is 2.32. The topological polar surface area (TPSA) is 65.4 Å². The zero-order valence-electron chi connectivity index (χ0n) is 15.1. The molecule has 1 aliphatic heterocycles. The van der Waals surface area contributed by atoms with E-state index in [1.54, 1.807) is 12.3 Å². The van der Waals surface area contributed by atoms with Crippen molar-refractivity contribution in [2.24, 2.45) is 0 Å². The van der Waals surface area contributed by atoms with Crippen LogP contribution in [0.3, 0.4) is 0 Å². The summed E-state index contributed by atoms with van der Waals surface area (Å²) in [5, 5.41) is 7.36. The van der Waals surface area contributed by atoms with Gasteiger partial charge in [0.05, 0.1) is 24.0 Å². The summed E-state index contributed by atoms with van der Waals surface area (Å²) >= 11 is 0. The fraction of sp³-hybridized carbons (Fsp3) is 0.238. The van der Waals surface area contributed by atoms with Crippen molar-refractivity contribution >= 4 is 11.6 Å². The first kappa shape index (κ1) is 17.1. The molecule has 1 aliphatic rings. The predicted molar refractivity (Wildman–Crippen MR) is 103 cm³/mol. The van der Waals surface area contributed by atoms with Crippen LogP contribution in [0.1, 0.15) is 28.5 Å². The number of rotatable bonds is 5. The van der Waals surface area contributed by atoms with E-state index in [1.165, 1.54) is 0 Å². The highest BCUT2D eigenvalue weighted by Gasteiger charge is 2.18. The Labute approximate surface area is 157 Å². The van der Waals surface area contributed by atoms with Crippen LogP contribution in [-0.4, -0.2) is 28.9 Å². The van der Waals surface area contributed by atoms with E-state index in [0.717, 1.165) is 17.7 Å². The quantitative estimate of drug-likeness (QED) is 0.753. The largest absolute Gasteiger partial charge is 0.486 e. The third kappa shape index (κ3) is 3.65. The molecule has 0 unspecified atom stereocenters. The Morgan fingerprint density at radius 3 is 2.67 bits per heavy atom. The number of nitrogens with zero attached hydrogens (tertiary/aromatic N) is 2. The number of carbonyl (C=O) groups is 1. The summed E-state index contributed by atoms with van der Waals surface area (Å²) in [6, 6.07) is 15.5. The minimum Gasteiger partial charge on any atom is -0.486 e. The maximum atomic E-state index is 12.8. The van der Waals surface area contributed by atoms with E-state index >= 15 is 0 Å². The Hall–Kier alpha value is -3.28. The average Bonchev–Trinajstić information content (AvgIpc) is 3.11. The molecule has 0 fully saturated rings. The highest BCUT2D eigenvalue weighted by molar-refractivity contribution is 6.05. The van der Waals surface area contributed by atoms with Crippen molar-refractivity contribution in [3.8, 4) is 11.5 Å². The van der Waals surface area contributed by atoms with Crippen LogP contribution in [-0.2, 0) is 13.0 Å². The van der Waals surface area contributed by atoms with Gasteiger partial charge in [-0.1, -0.05) is 37.3 Å². The lowest BCUT2D eigenvalue weighted by Crippen LogP contribution is -2.17. The van der Waals surface area contributed by atoms with Crippen molar-refractivity contribution in [3.63, 3.8) is 0 Å². The molecule has 4 rings (SSSR count). The monoisotopic (exact) mass is 363 g/mol. The van der Waals surface area contributed by atoms with Gasteiger partial charge in [-0.3, -0.25) is 9.48 Å². The second-order valence-corrected chi connectivity index (χ2v) is 6.31. The van der Waals surface area contributed by atoms with Crippen LogP contribution in [0.2, 0.25) is 0 Å². The molecular formula is C21H21N3O3. The Morgan fingerprint density at radius 2 is 1.89 bits per heavy atom. The van der Waals surface area contributed by atoms with Crippen LogP contribution < -0.4 is 14.8 Å². The van der Waals surface area contributed by atoms with Crippen LogP contribution >= 0.6 is 0 Å². The van der Waals surface area contributed by atoms with Gasteiger partial charge in [-0.15, -0.1) is 0 Å². The molecule has 27 heavy (non-hydrogen) atoms. The molecule has 3 aromatic rings. The van der Waals surface area contributed by atoms with Crippen molar-refractivity contribution in [2.75, 3.05) is 18.5 Å². The Balaban J connectivity index is 1.53. The fourth-order valence-electron chi connectivity index (χ4n) is 3.19. The van der Waals surface area contributed by atoms with Gasteiger partial charge in [-0.25, -0.2) is 0 Å². The Kier molecular flexibility index (Phi) is 4.78.